The zero-order chi connectivity index (χ0) is 9.97. The molecule has 2 nitrogen and oxygen atoms in total. The Bertz CT molecular complexity index is 442. The van der Waals surface area contributed by atoms with Gasteiger partial charge in [-0.2, -0.15) is 0 Å². The fraction of sp³-hybridized carbons (Fsp3) is 0. The zero-order valence-corrected chi connectivity index (χ0v) is 7.31. The van der Waals surface area contributed by atoms with Crippen molar-refractivity contribution >= 4 is 0 Å². The summed E-state index contributed by atoms with van der Waals surface area (Å²) < 4.78 is 13.3. The molecular formula is C11H8FNO. The lowest BCUT2D eigenvalue weighted by Crippen LogP contribution is -1.83. The summed E-state index contributed by atoms with van der Waals surface area (Å²) in [5.41, 5.74) is 1.08. The summed E-state index contributed by atoms with van der Waals surface area (Å²) >= 11 is 0. The number of halogens is 1. The van der Waals surface area contributed by atoms with Crippen molar-refractivity contribution in [2.75, 3.05) is 0 Å². The van der Waals surface area contributed by atoms with Gasteiger partial charge in [-0.15, -0.1) is 0 Å². The summed E-state index contributed by atoms with van der Waals surface area (Å²) in [6, 6.07) is 7.34. The van der Waals surface area contributed by atoms with Crippen molar-refractivity contribution in [2.24, 2.45) is 0 Å². The molecule has 1 aromatic carbocycles. The third-order valence-corrected chi connectivity index (χ3v) is 1.94. The molecule has 0 fully saturated rings. The van der Waals surface area contributed by atoms with E-state index in [0.717, 1.165) is 0 Å². The topological polar surface area (TPSA) is 33.1 Å². The fourth-order valence-corrected chi connectivity index (χ4v) is 1.27. The first kappa shape index (κ1) is 8.69. The Morgan fingerprint density at radius 3 is 2.50 bits per heavy atom. The Morgan fingerprint density at radius 1 is 1.07 bits per heavy atom. The van der Waals surface area contributed by atoms with Gasteiger partial charge in [-0.05, 0) is 35.9 Å². The predicted molar refractivity (Wildman–Crippen MR) is 51.3 cm³/mol. The molecule has 1 N–H and O–H groups in total. The second-order valence-electron chi connectivity index (χ2n) is 2.90. The smallest absolute Gasteiger partial charge is 0.131 e. The molecule has 0 aliphatic rings. The second kappa shape index (κ2) is 3.46. The minimum absolute atomic E-state index is 0.0539. The van der Waals surface area contributed by atoms with Gasteiger partial charge in [0, 0.05) is 18.0 Å². The molecular weight excluding hydrogens is 181 g/mol. The van der Waals surface area contributed by atoms with Crippen molar-refractivity contribution in [1.29, 1.82) is 0 Å². The van der Waals surface area contributed by atoms with Crippen molar-refractivity contribution in [2.45, 2.75) is 0 Å². The molecule has 2 rings (SSSR count). The van der Waals surface area contributed by atoms with Crippen molar-refractivity contribution < 1.29 is 9.50 Å². The number of nitrogens with zero attached hydrogens (tertiary/aromatic N) is 1. The van der Waals surface area contributed by atoms with Gasteiger partial charge in [-0.25, -0.2) is 4.39 Å². The van der Waals surface area contributed by atoms with E-state index in [2.05, 4.69) is 4.98 Å². The van der Waals surface area contributed by atoms with Crippen LogP contribution in [0.15, 0.2) is 42.7 Å². The maximum absolute atomic E-state index is 13.3. The van der Waals surface area contributed by atoms with E-state index in [0.29, 0.717) is 11.1 Å². The van der Waals surface area contributed by atoms with E-state index in [4.69, 9.17) is 0 Å². The maximum atomic E-state index is 13.3. The van der Waals surface area contributed by atoms with Crippen molar-refractivity contribution in [3.63, 3.8) is 0 Å². The van der Waals surface area contributed by atoms with E-state index in [1.807, 2.05) is 0 Å². The van der Waals surface area contributed by atoms with E-state index in [-0.39, 0.29) is 11.6 Å². The molecule has 1 heterocycles. The number of aromatic hydroxyl groups is 1. The zero-order valence-electron chi connectivity index (χ0n) is 7.31. The highest BCUT2D eigenvalue weighted by Gasteiger charge is 2.04. The number of pyridine rings is 1. The van der Waals surface area contributed by atoms with Gasteiger partial charge in [0.1, 0.15) is 11.6 Å². The SMILES string of the molecule is Oc1ccc(F)c(-c2ccncc2)c1. The molecule has 70 valence electrons. The minimum Gasteiger partial charge on any atom is -0.508 e. The standard InChI is InChI=1S/C11H8FNO/c12-11-2-1-9(14)7-10(11)8-3-5-13-6-4-8/h1-7,14H. The van der Waals surface area contributed by atoms with E-state index >= 15 is 0 Å². The highest BCUT2D eigenvalue weighted by molar-refractivity contribution is 5.65. The summed E-state index contributed by atoms with van der Waals surface area (Å²) in [6.07, 6.45) is 3.16. The molecule has 14 heavy (non-hydrogen) atoms. The van der Waals surface area contributed by atoms with Crippen LogP contribution in [-0.2, 0) is 0 Å². The third-order valence-electron chi connectivity index (χ3n) is 1.94. The average Bonchev–Trinajstić information content (AvgIpc) is 2.23. The van der Waals surface area contributed by atoms with E-state index in [1.165, 1.54) is 18.2 Å². The lowest BCUT2D eigenvalue weighted by molar-refractivity contribution is 0.473. The molecule has 0 aliphatic heterocycles. The Hall–Kier alpha value is -1.90. The van der Waals surface area contributed by atoms with Gasteiger partial charge in [0.15, 0.2) is 0 Å². The van der Waals surface area contributed by atoms with Gasteiger partial charge < -0.3 is 5.11 Å². The molecule has 0 amide bonds. The summed E-state index contributed by atoms with van der Waals surface area (Å²) in [4.78, 5) is 3.84. The quantitative estimate of drug-likeness (QED) is 0.747. The van der Waals surface area contributed by atoms with Crippen LogP contribution in [-0.4, -0.2) is 10.1 Å². The van der Waals surface area contributed by atoms with Crippen molar-refractivity contribution in [3.05, 3.63) is 48.5 Å². The molecule has 0 saturated heterocycles. The van der Waals surface area contributed by atoms with Crippen LogP contribution in [0, 0.1) is 5.82 Å². The molecule has 0 radical (unpaired) electrons. The molecule has 3 heteroatoms. The Morgan fingerprint density at radius 2 is 1.79 bits per heavy atom. The number of hydrogen-bond donors (Lipinski definition) is 1. The van der Waals surface area contributed by atoms with Gasteiger partial charge in [-0.1, -0.05) is 0 Å². The van der Waals surface area contributed by atoms with Crippen molar-refractivity contribution in [1.82, 2.24) is 4.98 Å². The van der Waals surface area contributed by atoms with Crippen LogP contribution >= 0.6 is 0 Å². The minimum atomic E-state index is -0.353. The number of benzene rings is 1. The maximum Gasteiger partial charge on any atom is 0.131 e. The van der Waals surface area contributed by atoms with Gasteiger partial charge >= 0.3 is 0 Å². The molecule has 0 atom stereocenters. The van der Waals surface area contributed by atoms with Crippen LogP contribution in [0.25, 0.3) is 11.1 Å². The summed E-state index contributed by atoms with van der Waals surface area (Å²) in [5, 5.41) is 9.22. The number of aromatic nitrogens is 1. The van der Waals surface area contributed by atoms with Crippen LogP contribution in [0.4, 0.5) is 4.39 Å². The summed E-state index contributed by atoms with van der Waals surface area (Å²) in [6.45, 7) is 0. The van der Waals surface area contributed by atoms with Gasteiger partial charge in [0.25, 0.3) is 0 Å². The molecule has 0 saturated carbocycles. The Balaban J connectivity index is 2.57. The van der Waals surface area contributed by atoms with Crippen LogP contribution in [0.5, 0.6) is 5.75 Å². The second-order valence-corrected chi connectivity index (χ2v) is 2.90. The molecule has 0 unspecified atom stereocenters. The normalized spacial score (nSPS) is 10.1. The largest absolute Gasteiger partial charge is 0.508 e. The van der Waals surface area contributed by atoms with E-state index in [9.17, 15) is 9.50 Å². The molecule has 0 bridgehead atoms. The average molecular weight is 189 g/mol. The van der Waals surface area contributed by atoms with Gasteiger partial charge in [0.05, 0.1) is 0 Å². The predicted octanol–water partition coefficient (Wildman–Crippen LogP) is 2.59. The third kappa shape index (κ3) is 1.57. The fourth-order valence-electron chi connectivity index (χ4n) is 1.27. The van der Waals surface area contributed by atoms with Crippen LogP contribution in [0.2, 0.25) is 0 Å². The Labute approximate surface area is 80.7 Å². The number of hydrogen-bond acceptors (Lipinski definition) is 2. The number of rotatable bonds is 1. The molecule has 0 aliphatic carbocycles. The van der Waals surface area contributed by atoms with Crippen LogP contribution in [0.3, 0.4) is 0 Å². The van der Waals surface area contributed by atoms with Crippen LogP contribution in [0.1, 0.15) is 0 Å². The first-order valence-electron chi connectivity index (χ1n) is 4.16. The highest BCUT2D eigenvalue weighted by Crippen LogP contribution is 2.25. The summed E-state index contributed by atoms with van der Waals surface area (Å²) in [5.74, 6) is -0.299. The van der Waals surface area contributed by atoms with Gasteiger partial charge in [-0.3, -0.25) is 4.98 Å². The highest BCUT2D eigenvalue weighted by atomic mass is 19.1. The lowest BCUT2D eigenvalue weighted by atomic mass is 10.1. The molecule has 0 spiro atoms. The monoisotopic (exact) mass is 189 g/mol. The van der Waals surface area contributed by atoms with E-state index < -0.39 is 0 Å². The molecule has 2 aromatic rings. The van der Waals surface area contributed by atoms with Gasteiger partial charge in [0.2, 0.25) is 0 Å². The summed E-state index contributed by atoms with van der Waals surface area (Å²) in [7, 11) is 0. The van der Waals surface area contributed by atoms with Crippen LogP contribution < -0.4 is 0 Å². The lowest BCUT2D eigenvalue weighted by Gasteiger charge is -2.02. The number of phenolic OH excluding ortho intramolecular Hbond substituents is 1. The molecule has 1 aromatic heterocycles. The first-order valence-corrected chi connectivity index (χ1v) is 4.16. The Kier molecular flexibility index (Phi) is 2.14. The van der Waals surface area contributed by atoms with Crippen molar-refractivity contribution in [3.8, 4) is 16.9 Å². The first-order chi connectivity index (χ1) is 6.77. The van der Waals surface area contributed by atoms with E-state index in [1.54, 1.807) is 24.5 Å². The number of phenols is 1.